The van der Waals surface area contributed by atoms with Crippen molar-refractivity contribution < 1.29 is 4.79 Å². The molecule has 2 saturated heterocycles. The summed E-state index contributed by atoms with van der Waals surface area (Å²) in [6.45, 7) is 8.37. The lowest BCUT2D eigenvalue weighted by molar-refractivity contribution is -0.138. The molecule has 0 radical (unpaired) electrons. The van der Waals surface area contributed by atoms with Gasteiger partial charge in [-0.15, -0.1) is 12.4 Å². The Labute approximate surface area is 146 Å². The van der Waals surface area contributed by atoms with E-state index in [9.17, 15) is 4.79 Å². The Hall–Kier alpha value is -1.06. The van der Waals surface area contributed by atoms with Crippen molar-refractivity contribution in [1.82, 2.24) is 10.2 Å². The molecule has 0 aliphatic carbocycles. The van der Waals surface area contributed by atoms with Crippen LogP contribution in [0.2, 0.25) is 0 Å². The van der Waals surface area contributed by atoms with Crippen molar-refractivity contribution in [3.63, 3.8) is 0 Å². The van der Waals surface area contributed by atoms with Crippen LogP contribution < -0.4 is 5.32 Å². The Morgan fingerprint density at radius 2 is 1.91 bits per heavy atom. The van der Waals surface area contributed by atoms with Crippen LogP contribution in [0.15, 0.2) is 18.2 Å². The second-order valence-corrected chi connectivity index (χ2v) is 7.25. The average Bonchev–Trinajstić information content (AvgIpc) is 2.52. The van der Waals surface area contributed by atoms with Crippen molar-refractivity contribution in [2.45, 2.75) is 46.0 Å². The van der Waals surface area contributed by atoms with Crippen LogP contribution in [0.25, 0.3) is 0 Å². The first kappa shape index (κ1) is 18.3. The summed E-state index contributed by atoms with van der Waals surface area (Å²) in [6.07, 6.45) is 5.26. The van der Waals surface area contributed by atoms with Crippen molar-refractivity contribution in [3.8, 4) is 0 Å². The van der Waals surface area contributed by atoms with Crippen LogP contribution in [0.3, 0.4) is 0 Å². The molecule has 4 heteroatoms. The third kappa shape index (κ3) is 4.27. The standard InChI is InChI=1S/C19H28N2O.ClH/c1-15-3-4-16(2)17(13-15)6-12-21-14-19(7-5-18(21)22)8-10-20-11-9-19;/h3-4,13,20H,5-12,14H2,1-2H3;1H. The number of aryl methyl sites for hydroxylation is 2. The highest BCUT2D eigenvalue weighted by atomic mass is 35.5. The zero-order chi connectivity index (χ0) is 15.6. The van der Waals surface area contributed by atoms with Crippen LogP contribution in [0, 0.1) is 19.3 Å². The molecule has 1 aromatic carbocycles. The van der Waals surface area contributed by atoms with E-state index in [0.29, 0.717) is 11.3 Å². The van der Waals surface area contributed by atoms with Crippen molar-refractivity contribution >= 4 is 18.3 Å². The molecular formula is C19H29ClN2O. The summed E-state index contributed by atoms with van der Waals surface area (Å²) in [4.78, 5) is 14.4. The minimum atomic E-state index is 0. The van der Waals surface area contributed by atoms with Gasteiger partial charge in [0, 0.05) is 19.5 Å². The molecule has 1 spiro atoms. The van der Waals surface area contributed by atoms with Crippen LogP contribution in [-0.4, -0.2) is 37.0 Å². The summed E-state index contributed by atoms with van der Waals surface area (Å²) in [7, 11) is 0. The summed E-state index contributed by atoms with van der Waals surface area (Å²) in [5.41, 5.74) is 4.42. The molecule has 128 valence electrons. The molecular weight excluding hydrogens is 308 g/mol. The Morgan fingerprint density at radius 3 is 2.65 bits per heavy atom. The van der Waals surface area contributed by atoms with Gasteiger partial charge in [0.1, 0.15) is 0 Å². The quantitative estimate of drug-likeness (QED) is 0.918. The van der Waals surface area contributed by atoms with Crippen LogP contribution in [0.1, 0.15) is 42.4 Å². The van der Waals surface area contributed by atoms with E-state index in [-0.39, 0.29) is 12.4 Å². The van der Waals surface area contributed by atoms with Gasteiger partial charge < -0.3 is 10.2 Å². The monoisotopic (exact) mass is 336 g/mol. The molecule has 3 rings (SSSR count). The highest BCUT2D eigenvalue weighted by Crippen LogP contribution is 2.38. The molecule has 1 amide bonds. The fourth-order valence-corrected chi connectivity index (χ4v) is 4.00. The first-order valence-corrected chi connectivity index (χ1v) is 8.63. The number of benzene rings is 1. The number of carbonyl (C=O) groups is 1. The molecule has 0 aromatic heterocycles. The zero-order valence-electron chi connectivity index (χ0n) is 14.4. The van der Waals surface area contributed by atoms with Crippen LogP contribution in [0.5, 0.6) is 0 Å². The van der Waals surface area contributed by atoms with Crippen LogP contribution >= 0.6 is 12.4 Å². The average molecular weight is 337 g/mol. The molecule has 23 heavy (non-hydrogen) atoms. The minimum absolute atomic E-state index is 0. The lowest BCUT2D eigenvalue weighted by Crippen LogP contribution is -2.51. The first-order valence-electron chi connectivity index (χ1n) is 8.63. The van der Waals surface area contributed by atoms with Crippen molar-refractivity contribution in [2.75, 3.05) is 26.2 Å². The number of hydrogen-bond acceptors (Lipinski definition) is 2. The minimum Gasteiger partial charge on any atom is -0.342 e. The van der Waals surface area contributed by atoms with Gasteiger partial charge in [0.25, 0.3) is 0 Å². The molecule has 1 aromatic rings. The normalized spacial score (nSPS) is 20.4. The maximum Gasteiger partial charge on any atom is 0.222 e. The van der Waals surface area contributed by atoms with Gasteiger partial charge in [-0.2, -0.15) is 0 Å². The summed E-state index contributed by atoms with van der Waals surface area (Å²) in [6, 6.07) is 6.62. The summed E-state index contributed by atoms with van der Waals surface area (Å²) >= 11 is 0. The number of hydrogen-bond donors (Lipinski definition) is 1. The van der Waals surface area contributed by atoms with Gasteiger partial charge in [-0.05, 0) is 69.2 Å². The topological polar surface area (TPSA) is 32.3 Å². The van der Waals surface area contributed by atoms with Gasteiger partial charge >= 0.3 is 0 Å². The SMILES string of the molecule is Cc1ccc(C)c(CCN2CC3(CCNCC3)CCC2=O)c1.Cl. The van der Waals surface area contributed by atoms with Gasteiger partial charge in [0.05, 0.1) is 0 Å². The zero-order valence-corrected chi connectivity index (χ0v) is 15.2. The fraction of sp³-hybridized carbons (Fsp3) is 0.632. The number of amides is 1. The molecule has 2 fully saturated rings. The van der Waals surface area contributed by atoms with E-state index >= 15 is 0 Å². The smallest absolute Gasteiger partial charge is 0.222 e. The highest BCUT2D eigenvalue weighted by Gasteiger charge is 2.39. The molecule has 1 N–H and O–H groups in total. The summed E-state index contributed by atoms with van der Waals surface area (Å²) in [5, 5.41) is 3.45. The molecule has 2 heterocycles. The summed E-state index contributed by atoms with van der Waals surface area (Å²) < 4.78 is 0. The van der Waals surface area contributed by atoms with Gasteiger partial charge in [0.2, 0.25) is 5.91 Å². The predicted octanol–water partition coefficient (Wildman–Crippen LogP) is 3.26. The molecule has 0 atom stereocenters. The van der Waals surface area contributed by atoms with E-state index in [4.69, 9.17) is 0 Å². The largest absolute Gasteiger partial charge is 0.342 e. The van der Waals surface area contributed by atoms with Crippen LogP contribution in [0.4, 0.5) is 0 Å². The van der Waals surface area contributed by atoms with E-state index in [0.717, 1.165) is 45.4 Å². The van der Waals surface area contributed by atoms with E-state index in [2.05, 4.69) is 42.3 Å². The Kier molecular flexibility index (Phi) is 6.10. The highest BCUT2D eigenvalue weighted by molar-refractivity contribution is 5.85. The number of likely N-dealkylation sites (tertiary alicyclic amines) is 1. The Balaban J connectivity index is 0.00000192. The number of rotatable bonds is 3. The lowest BCUT2D eigenvalue weighted by atomic mass is 9.72. The fourth-order valence-electron chi connectivity index (χ4n) is 4.00. The third-order valence-corrected chi connectivity index (χ3v) is 5.57. The number of carbonyl (C=O) groups excluding carboxylic acids is 1. The van der Waals surface area contributed by atoms with E-state index in [1.807, 2.05) is 0 Å². The summed E-state index contributed by atoms with van der Waals surface area (Å²) in [5.74, 6) is 0.356. The second kappa shape index (κ2) is 7.67. The van der Waals surface area contributed by atoms with Crippen molar-refractivity contribution in [1.29, 1.82) is 0 Å². The Bertz CT molecular complexity index is 552. The van der Waals surface area contributed by atoms with Gasteiger partial charge in [-0.3, -0.25) is 4.79 Å². The number of nitrogens with zero attached hydrogens (tertiary/aromatic N) is 1. The van der Waals surface area contributed by atoms with Gasteiger partial charge in [0.15, 0.2) is 0 Å². The second-order valence-electron chi connectivity index (χ2n) is 7.25. The number of piperidine rings is 2. The predicted molar refractivity (Wildman–Crippen MR) is 97.2 cm³/mol. The molecule has 0 bridgehead atoms. The molecule has 3 nitrogen and oxygen atoms in total. The van der Waals surface area contributed by atoms with E-state index in [1.165, 1.54) is 29.5 Å². The van der Waals surface area contributed by atoms with Gasteiger partial charge in [-0.1, -0.05) is 23.8 Å². The van der Waals surface area contributed by atoms with Crippen molar-refractivity contribution in [3.05, 3.63) is 34.9 Å². The molecule has 0 unspecified atom stereocenters. The van der Waals surface area contributed by atoms with Gasteiger partial charge in [-0.25, -0.2) is 0 Å². The number of nitrogens with one attached hydrogen (secondary N) is 1. The molecule has 2 aliphatic heterocycles. The van der Waals surface area contributed by atoms with Crippen molar-refractivity contribution in [2.24, 2.45) is 5.41 Å². The maximum atomic E-state index is 12.3. The van der Waals surface area contributed by atoms with Crippen LogP contribution in [-0.2, 0) is 11.2 Å². The Morgan fingerprint density at radius 1 is 1.17 bits per heavy atom. The maximum absolute atomic E-state index is 12.3. The lowest BCUT2D eigenvalue weighted by Gasteiger charge is -2.45. The number of halogens is 1. The van der Waals surface area contributed by atoms with E-state index in [1.54, 1.807) is 0 Å². The molecule has 0 saturated carbocycles. The molecule has 2 aliphatic rings. The third-order valence-electron chi connectivity index (χ3n) is 5.57. The van der Waals surface area contributed by atoms with E-state index < -0.39 is 0 Å². The first-order chi connectivity index (χ1) is 10.6.